The maximum atomic E-state index is 12.1. The number of piperazine rings is 1. The lowest BCUT2D eigenvalue weighted by Gasteiger charge is -2.35. The molecule has 1 aliphatic rings. The first kappa shape index (κ1) is 25.2. The van der Waals surface area contributed by atoms with Crippen molar-refractivity contribution < 1.29 is 19.3 Å². The Morgan fingerprint density at radius 1 is 0.975 bits per heavy atom. The monoisotopic (exact) mass is 535 g/mol. The number of benzene rings is 4. The number of nitrogens with zero attached hydrogens (tertiary/aromatic N) is 5. The van der Waals surface area contributed by atoms with E-state index in [1.165, 1.54) is 12.1 Å². The van der Waals surface area contributed by atoms with Crippen LogP contribution >= 0.6 is 0 Å². The summed E-state index contributed by atoms with van der Waals surface area (Å²) in [6, 6.07) is 23.8. The van der Waals surface area contributed by atoms with E-state index in [1.54, 1.807) is 24.3 Å². The highest BCUT2D eigenvalue weighted by Crippen LogP contribution is 2.35. The molecule has 0 saturated carbocycles. The van der Waals surface area contributed by atoms with Gasteiger partial charge in [0.05, 0.1) is 10.5 Å². The number of nitro benzene ring substituents is 1. The summed E-state index contributed by atoms with van der Waals surface area (Å²) in [5.41, 5.74) is 3.00. The first-order chi connectivity index (χ1) is 19.5. The molecule has 40 heavy (non-hydrogen) atoms. The third-order valence-corrected chi connectivity index (χ3v) is 7.21. The fourth-order valence-corrected chi connectivity index (χ4v) is 5.14. The zero-order valence-corrected chi connectivity index (χ0v) is 21.4. The predicted molar refractivity (Wildman–Crippen MR) is 150 cm³/mol. The zero-order valence-electron chi connectivity index (χ0n) is 21.4. The van der Waals surface area contributed by atoms with Crippen LogP contribution in [0.1, 0.15) is 15.9 Å². The smallest absolute Gasteiger partial charge is 0.293 e. The molecule has 5 aromatic rings. The molecule has 200 valence electrons. The Morgan fingerprint density at radius 2 is 1.77 bits per heavy atom. The summed E-state index contributed by atoms with van der Waals surface area (Å²) in [5.74, 6) is 0.596. The quantitative estimate of drug-likeness (QED) is 0.168. The number of fused-ring (bicyclic) bond motifs is 1. The molecule has 1 fully saturated rings. The van der Waals surface area contributed by atoms with E-state index < -0.39 is 0 Å². The van der Waals surface area contributed by atoms with Gasteiger partial charge in [0.2, 0.25) is 5.82 Å². The van der Waals surface area contributed by atoms with Gasteiger partial charge < -0.3 is 14.5 Å². The Balaban J connectivity index is 1.20. The van der Waals surface area contributed by atoms with Crippen LogP contribution in [0.5, 0.6) is 5.75 Å². The van der Waals surface area contributed by atoms with Crippen molar-refractivity contribution in [1.82, 2.24) is 15.0 Å². The normalized spacial score (nSPS) is 13.9. The van der Waals surface area contributed by atoms with Crippen LogP contribution in [0.2, 0.25) is 0 Å². The van der Waals surface area contributed by atoms with E-state index in [0.717, 1.165) is 21.9 Å². The number of carbonyl (C=O) groups excluding carboxylic acids is 1. The summed E-state index contributed by atoms with van der Waals surface area (Å²) in [6.45, 7) is 3.20. The van der Waals surface area contributed by atoms with E-state index in [9.17, 15) is 20.0 Å². The molecule has 0 radical (unpaired) electrons. The van der Waals surface area contributed by atoms with Crippen LogP contribution in [0.3, 0.4) is 0 Å². The molecule has 2 heterocycles. The summed E-state index contributed by atoms with van der Waals surface area (Å²) in [6.07, 6.45) is 0.637. The first-order valence-corrected chi connectivity index (χ1v) is 12.8. The number of aromatic nitrogens is 2. The molecular formula is C30H25N5O5. The second-order valence-corrected chi connectivity index (χ2v) is 9.68. The van der Waals surface area contributed by atoms with Crippen LogP contribution in [0.4, 0.5) is 11.4 Å². The van der Waals surface area contributed by atoms with Crippen molar-refractivity contribution in [3.8, 4) is 28.6 Å². The SMILES string of the molecule is O=Cc1cc(CN2CCN(c3ccc(-c4nc(-c5cccc6ccccc56)no4)cc3[N+](=O)[O-])CC2)ccc1O. The number of nitro groups is 1. The van der Waals surface area contributed by atoms with E-state index in [4.69, 9.17) is 4.52 Å². The van der Waals surface area contributed by atoms with Crippen molar-refractivity contribution in [2.75, 3.05) is 31.1 Å². The average Bonchev–Trinajstić information content (AvgIpc) is 3.48. The molecule has 1 N–H and O–H groups in total. The topological polar surface area (TPSA) is 126 Å². The lowest BCUT2D eigenvalue weighted by atomic mass is 10.0. The molecular weight excluding hydrogens is 510 g/mol. The van der Waals surface area contributed by atoms with Crippen molar-refractivity contribution in [3.05, 3.63) is 100 Å². The minimum atomic E-state index is -0.384. The number of aldehydes is 1. The van der Waals surface area contributed by atoms with Gasteiger partial charge in [0.25, 0.3) is 11.6 Å². The molecule has 10 heteroatoms. The average molecular weight is 536 g/mol. The van der Waals surface area contributed by atoms with Crippen LogP contribution in [-0.2, 0) is 6.54 Å². The Labute approximate surface area is 229 Å². The number of phenols is 1. The summed E-state index contributed by atoms with van der Waals surface area (Å²) in [7, 11) is 0. The number of rotatable bonds is 7. The minimum Gasteiger partial charge on any atom is -0.507 e. The molecule has 1 aliphatic heterocycles. The second-order valence-electron chi connectivity index (χ2n) is 9.68. The van der Waals surface area contributed by atoms with Crippen molar-refractivity contribution in [3.63, 3.8) is 0 Å². The highest BCUT2D eigenvalue weighted by Gasteiger charge is 2.26. The molecule has 6 rings (SSSR count). The van der Waals surface area contributed by atoms with Gasteiger partial charge in [0, 0.05) is 49.9 Å². The fraction of sp³-hybridized carbons (Fsp3) is 0.167. The van der Waals surface area contributed by atoms with Gasteiger partial charge in [0.15, 0.2) is 6.29 Å². The van der Waals surface area contributed by atoms with E-state index in [0.29, 0.717) is 56.1 Å². The Bertz CT molecular complexity index is 1720. The number of anilines is 1. The number of hydrogen-bond acceptors (Lipinski definition) is 9. The number of carbonyl (C=O) groups is 1. The van der Waals surface area contributed by atoms with Crippen LogP contribution in [0.15, 0.2) is 83.4 Å². The van der Waals surface area contributed by atoms with Gasteiger partial charge in [-0.25, -0.2) is 0 Å². The standard InChI is InChI=1S/C30H25N5O5/c36-19-23-16-20(8-11-28(23)37)18-33-12-14-34(15-13-33)26-10-9-22(17-27(26)35(38)39)30-31-29(32-40-30)25-7-3-5-21-4-1-2-6-24(21)25/h1-11,16-17,19,37H,12-15,18H2. The van der Waals surface area contributed by atoms with Crippen molar-refractivity contribution in [2.24, 2.45) is 0 Å². The maximum absolute atomic E-state index is 12.1. The molecule has 0 atom stereocenters. The van der Waals surface area contributed by atoms with E-state index in [1.807, 2.05) is 47.4 Å². The molecule has 0 spiro atoms. The van der Waals surface area contributed by atoms with Gasteiger partial charge in [-0.15, -0.1) is 0 Å². The summed E-state index contributed by atoms with van der Waals surface area (Å²) < 4.78 is 5.53. The number of hydrogen-bond donors (Lipinski definition) is 1. The molecule has 0 amide bonds. The van der Waals surface area contributed by atoms with Crippen LogP contribution in [0.25, 0.3) is 33.6 Å². The van der Waals surface area contributed by atoms with Crippen molar-refractivity contribution in [2.45, 2.75) is 6.54 Å². The van der Waals surface area contributed by atoms with Gasteiger partial charge in [-0.1, -0.05) is 53.7 Å². The van der Waals surface area contributed by atoms with Crippen molar-refractivity contribution in [1.29, 1.82) is 0 Å². The fourth-order valence-electron chi connectivity index (χ4n) is 5.14. The number of aromatic hydroxyl groups is 1. The highest BCUT2D eigenvalue weighted by atomic mass is 16.6. The minimum absolute atomic E-state index is 0.0231. The zero-order chi connectivity index (χ0) is 27.6. The van der Waals surface area contributed by atoms with Crippen LogP contribution < -0.4 is 4.90 Å². The molecule has 4 aromatic carbocycles. The van der Waals surface area contributed by atoms with E-state index >= 15 is 0 Å². The first-order valence-electron chi connectivity index (χ1n) is 12.8. The van der Waals surface area contributed by atoms with Crippen molar-refractivity contribution >= 4 is 28.4 Å². The van der Waals surface area contributed by atoms with Crippen LogP contribution in [0, 0.1) is 10.1 Å². The predicted octanol–water partition coefficient (Wildman–Crippen LogP) is 5.31. The number of phenolic OH excluding ortho intramolecular Hbond substituents is 1. The van der Waals surface area contributed by atoms with Crippen LogP contribution in [-0.4, -0.2) is 57.5 Å². The molecule has 1 aromatic heterocycles. The lowest BCUT2D eigenvalue weighted by molar-refractivity contribution is -0.384. The molecule has 0 unspecified atom stereocenters. The summed E-state index contributed by atoms with van der Waals surface area (Å²) in [5, 5.41) is 28.0. The van der Waals surface area contributed by atoms with E-state index in [2.05, 4.69) is 15.0 Å². The molecule has 1 saturated heterocycles. The largest absolute Gasteiger partial charge is 0.507 e. The third kappa shape index (κ3) is 4.87. The molecule has 10 nitrogen and oxygen atoms in total. The van der Waals surface area contributed by atoms with Gasteiger partial charge in [-0.2, -0.15) is 4.98 Å². The Hall–Kier alpha value is -5.09. The Kier molecular flexibility index (Phi) is 6.67. The Morgan fingerprint density at radius 3 is 2.58 bits per heavy atom. The lowest BCUT2D eigenvalue weighted by Crippen LogP contribution is -2.46. The highest BCUT2D eigenvalue weighted by molar-refractivity contribution is 5.95. The van der Waals surface area contributed by atoms with Gasteiger partial charge >= 0.3 is 0 Å². The summed E-state index contributed by atoms with van der Waals surface area (Å²) in [4.78, 5) is 31.6. The molecule has 0 aliphatic carbocycles. The van der Waals surface area contributed by atoms with Gasteiger partial charge in [0.1, 0.15) is 11.4 Å². The van der Waals surface area contributed by atoms with E-state index in [-0.39, 0.29) is 27.8 Å². The van der Waals surface area contributed by atoms with Gasteiger partial charge in [-0.3, -0.25) is 19.8 Å². The molecule has 0 bridgehead atoms. The van der Waals surface area contributed by atoms with Gasteiger partial charge in [-0.05, 0) is 40.6 Å². The second kappa shape index (κ2) is 10.6. The third-order valence-electron chi connectivity index (χ3n) is 7.21. The maximum Gasteiger partial charge on any atom is 0.293 e. The summed E-state index contributed by atoms with van der Waals surface area (Å²) >= 11 is 0.